The van der Waals surface area contributed by atoms with Crippen LogP contribution in [0, 0.1) is 6.92 Å². The highest BCUT2D eigenvalue weighted by atomic mass is 16.5. The lowest BCUT2D eigenvalue weighted by Crippen LogP contribution is -2.34. The molecule has 1 saturated heterocycles. The molecule has 4 rings (SSSR count). The maximum atomic E-state index is 12.0. The van der Waals surface area contributed by atoms with Crippen molar-refractivity contribution in [2.45, 2.75) is 52.2 Å². The van der Waals surface area contributed by atoms with Crippen LogP contribution in [-0.2, 0) is 24.3 Å². The summed E-state index contributed by atoms with van der Waals surface area (Å²) in [4.78, 5) is 26.1. The fraction of sp³-hybridized carbons (Fsp3) is 0.522. The molecule has 1 aromatic heterocycles. The summed E-state index contributed by atoms with van der Waals surface area (Å²) in [6.07, 6.45) is 2.83. The summed E-state index contributed by atoms with van der Waals surface area (Å²) >= 11 is 0. The lowest BCUT2D eigenvalue weighted by Gasteiger charge is -2.31. The maximum Gasteiger partial charge on any atom is 0.220 e. The van der Waals surface area contributed by atoms with E-state index >= 15 is 0 Å². The number of benzene rings is 1. The smallest absolute Gasteiger partial charge is 0.220 e. The van der Waals surface area contributed by atoms with E-state index in [1.54, 1.807) is 14.0 Å². The first-order chi connectivity index (χ1) is 14.5. The summed E-state index contributed by atoms with van der Waals surface area (Å²) in [5.41, 5.74) is 4.65. The SMILES string of the molecule is CNc1nc(C2CCCN2C(C)=O)nc2c1CCN(Cc1ccc(C)cc1OC)C2. The van der Waals surface area contributed by atoms with E-state index in [9.17, 15) is 4.79 Å². The number of likely N-dealkylation sites (tertiary alicyclic amines) is 1. The molecule has 2 aromatic rings. The summed E-state index contributed by atoms with van der Waals surface area (Å²) in [5, 5.41) is 3.26. The van der Waals surface area contributed by atoms with Crippen LogP contribution < -0.4 is 10.1 Å². The van der Waals surface area contributed by atoms with Crippen LogP contribution in [0.1, 0.15) is 54.0 Å². The molecular weight excluding hydrogens is 378 g/mol. The number of aryl methyl sites for hydroxylation is 1. The molecular formula is C23H31N5O2. The standard InChI is InChI=1S/C23H31N5O2/c1-15-7-8-17(21(12-15)30-4)13-27-11-9-18-19(14-27)25-23(26-22(18)24-3)20-6-5-10-28(20)16(2)29/h7-8,12,20H,5-6,9-11,13-14H2,1-4H3,(H,24,25,26). The molecule has 1 aromatic carbocycles. The molecule has 0 spiro atoms. The van der Waals surface area contributed by atoms with Crippen LogP contribution in [0.25, 0.3) is 0 Å². The van der Waals surface area contributed by atoms with Gasteiger partial charge < -0.3 is 15.0 Å². The van der Waals surface area contributed by atoms with Gasteiger partial charge in [-0.15, -0.1) is 0 Å². The maximum absolute atomic E-state index is 12.0. The number of rotatable bonds is 5. The van der Waals surface area contributed by atoms with Crippen LogP contribution in [-0.4, -0.2) is 52.9 Å². The van der Waals surface area contributed by atoms with Gasteiger partial charge in [-0.25, -0.2) is 9.97 Å². The second kappa shape index (κ2) is 8.60. The molecule has 1 fully saturated rings. The molecule has 1 atom stereocenters. The minimum absolute atomic E-state index is 0.0209. The van der Waals surface area contributed by atoms with Crippen molar-refractivity contribution in [1.82, 2.24) is 19.8 Å². The Morgan fingerprint density at radius 3 is 2.87 bits per heavy atom. The van der Waals surface area contributed by atoms with Crippen molar-refractivity contribution >= 4 is 11.7 Å². The summed E-state index contributed by atoms with van der Waals surface area (Å²) in [5.74, 6) is 2.69. The molecule has 2 aliphatic rings. The number of methoxy groups -OCH3 is 1. The van der Waals surface area contributed by atoms with Gasteiger partial charge in [0, 0.05) is 51.3 Å². The molecule has 1 amide bonds. The molecule has 2 aliphatic heterocycles. The monoisotopic (exact) mass is 409 g/mol. The quantitative estimate of drug-likeness (QED) is 0.818. The number of carbonyl (C=O) groups is 1. The zero-order chi connectivity index (χ0) is 21.3. The Labute approximate surface area is 178 Å². The minimum Gasteiger partial charge on any atom is -0.496 e. The van der Waals surface area contributed by atoms with Crippen molar-refractivity contribution in [2.24, 2.45) is 0 Å². The van der Waals surface area contributed by atoms with E-state index in [1.165, 1.54) is 16.7 Å². The van der Waals surface area contributed by atoms with Gasteiger partial charge in [-0.05, 0) is 37.8 Å². The van der Waals surface area contributed by atoms with Crippen molar-refractivity contribution < 1.29 is 9.53 Å². The molecule has 1 unspecified atom stereocenters. The minimum atomic E-state index is -0.0209. The van der Waals surface area contributed by atoms with E-state index in [4.69, 9.17) is 14.7 Å². The molecule has 0 radical (unpaired) electrons. The zero-order valence-corrected chi connectivity index (χ0v) is 18.4. The Morgan fingerprint density at radius 2 is 2.13 bits per heavy atom. The van der Waals surface area contributed by atoms with Crippen molar-refractivity contribution in [3.63, 3.8) is 0 Å². The van der Waals surface area contributed by atoms with Gasteiger partial charge in [0.25, 0.3) is 0 Å². The lowest BCUT2D eigenvalue weighted by atomic mass is 10.0. The third-order valence-corrected chi connectivity index (χ3v) is 6.19. The van der Waals surface area contributed by atoms with Crippen LogP contribution in [0.3, 0.4) is 0 Å². The van der Waals surface area contributed by atoms with Gasteiger partial charge >= 0.3 is 0 Å². The highest BCUT2D eigenvalue weighted by Crippen LogP contribution is 2.33. The number of aromatic nitrogens is 2. The van der Waals surface area contributed by atoms with Gasteiger partial charge in [0.15, 0.2) is 5.82 Å². The summed E-state index contributed by atoms with van der Waals surface area (Å²) in [7, 11) is 3.64. The van der Waals surface area contributed by atoms with E-state index in [2.05, 4.69) is 35.3 Å². The highest BCUT2D eigenvalue weighted by molar-refractivity contribution is 5.74. The average molecular weight is 410 g/mol. The fourth-order valence-electron chi connectivity index (χ4n) is 4.63. The first-order valence-electron chi connectivity index (χ1n) is 10.7. The molecule has 7 nitrogen and oxygen atoms in total. The normalized spacial score (nSPS) is 18.9. The molecule has 0 saturated carbocycles. The number of ether oxygens (including phenoxy) is 1. The Morgan fingerprint density at radius 1 is 1.30 bits per heavy atom. The highest BCUT2D eigenvalue weighted by Gasteiger charge is 2.32. The number of nitrogens with one attached hydrogen (secondary N) is 1. The summed E-state index contributed by atoms with van der Waals surface area (Å²) in [6, 6.07) is 6.35. The number of hydrogen-bond acceptors (Lipinski definition) is 6. The predicted octanol–water partition coefficient (Wildman–Crippen LogP) is 3.08. The van der Waals surface area contributed by atoms with Crippen LogP contribution in [0.15, 0.2) is 18.2 Å². The van der Waals surface area contributed by atoms with Crippen molar-refractivity contribution in [3.8, 4) is 5.75 Å². The Bertz CT molecular complexity index is 945. The third kappa shape index (κ3) is 3.99. The topological polar surface area (TPSA) is 70.6 Å². The fourth-order valence-corrected chi connectivity index (χ4v) is 4.63. The zero-order valence-electron chi connectivity index (χ0n) is 18.4. The first-order valence-corrected chi connectivity index (χ1v) is 10.7. The molecule has 0 bridgehead atoms. The molecule has 160 valence electrons. The molecule has 30 heavy (non-hydrogen) atoms. The number of hydrogen-bond donors (Lipinski definition) is 1. The third-order valence-electron chi connectivity index (χ3n) is 6.19. The Hall–Kier alpha value is -2.67. The van der Waals surface area contributed by atoms with Crippen LogP contribution >= 0.6 is 0 Å². The number of carbonyl (C=O) groups excluding carboxylic acids is 1. The second-order valence-corrected chi connectivity index (χ2v) is 8.25. The van der Waals surface area contributed by atoms with Crippen LogP contribution in [0.5, 0.6) is 5.75 Å². The summed E-state index contributed by atoms with van der Waals surface area (Å²) in [6.45, 7) is 7.03. The molecule has 7 heteroatoms. The van der Waals surface area contributed by atoms with Gasteiger partial charge in [0.05, 0.1) is 18.8 Å². The van der Waals surface area contributed by atoms with Gasteiger partial charge in [-0.1, -0.05) is 12.1 Å². The van der Waals surface area contributed by atoms with E-state index in [0.29, 0.717) is 0 Å². The van der Waals surface area contributed by atoms with Crippen molar-refractivity contribution in [3.05, 3.63) is 46.4 Å². The second-order valence-electron chi connectivity index (χ2n) is 8.25. The van der Waals surface area contributed by atoms with E-state index in [1.807, 2.05) is 11.9 Å². The van der Waals surface area contributed by atoms with E-state index in [0.717, 1.165) is 68.5 Å². The Balaban J connectivity index is 1.60. The van der Waals surface area contributed by atoms with Crippen molar-refractivity contribution in [1.29, 1.82) is 0 Å². The lowest BCUT2D eigenvalue weighted by molar-refractivity contribution is -0.129. The van der Waals surface area contributed by atoms with Gasteiger partial charge in [0.2, 0.25) is 5.91 Å². The molecule has 3 heterocycles. The number of anilines is 1. The largest absolute Gasteiger partial charge is 0.496 e. The van der Waals surface area contributed by atoms with Crippen LogP contribution in [0.4, 0.5) is 5.82 Å². The van der Waals surface area contributed by atoms with E-state index in [-0.39, 0.29) is 11.9 Å². The molecule has 0 aliphatic carbocycles. The van der Waals surface area contributed by atoms with Crippen LogP contribution in [0.2, 0.25) is 0 Å². The van der Waals surface area contributed by atoms with E-state index < -0.39 is 0 Å². The summed E-state index contributed by atoms with van der Waals surface area (Å²) < 4.78 is 5.59. The number of amides is 1. The van der Waals surface area contributed by atoms with Crippen molar-refractivity contribution in [2.75, 3.05) is 32.6 Å². The molecule has 1 N–H and O–H groups in total. The number of nitrogens with zero attached hydrogens (tertiary/aromatic N) is 4. The van der Waals surface area contributed by atoms with Gasteiger partial charge in [0.1, 0.15) is 11.6 Å². The number of fused-ring (bicyclic) bond motifs is 1. The Kier molecular flexibility index (Phi) is 5.90. The average Bonchev–Trinajstić information content (AvgIpc) is 3.24. The first kappa shape index (κ1) is 20.6. The predicted molar refractivity (Wildman–Crippen MR) is 116 cm³/mol. The van der Waals surface area contributed by atoms with Gasteiger partial charge in [-0.2, -0.15) is 0 Å². The van der Waals surface area contributed by atoms with Gasteiger partial charge in [-0.3, -0.25) is 9.69 Å².